The van der Waals surface area contributed by atoms with Crippen LogP contribution in [0.3, 0.4) is 0 Å². The molecule has 2 aromatic rings. The molecule has 0 radical (unpaired) electrons. The van der Waals surface area contributed by atoms with Gasteiger partial charge in [-0.05, 0) is 31.0 Å². The zero-order valence-electron chi connectivity index (χ0n) is 14.3. The number of alkyl halides is 3. The molecule has 0 N–H and O–H groups in total. The lowest BCUT2D eigenvalue weighted by atomic mass is 9.97. The van der Waals surface area contributed by atoms with Crippen LogP contribution in [0.4, 0.5) is 13.2 Å². The predicted octanol–water partition coefficient (Wildman–Crippen LogP) is 3.67. The van der Waals surface area contributed by atoms with E-state index >= 15 is 0 Å². The number of amides is 1. The minimum Gasteiger partial charge on any atom is -0.459 e. The predicted molar refractivity (Wildman–Crippen MR) is 90.7 cm³/mol. The molecule has 1 unspecified atom stereocenters. The SMILES string of the molecule is O=C(c1occc1CS(=O)(=O)c1ccccc1)N1CCCC(C(F)(F)F)C1. The molecule has 1 atom stereocenters. The molecule has 27 heavy (non-hydrogen) atoms. The van der Waals surface area contributed by atoms with E-state index in [0.717, 1.165) is 4.90 Å². The summed E-state index contributed by atoms with van der Waals surface area (Å²) < 4.78 is 69.1. The molecule has 9 heteroatoms. The fraction of sp³-hybridized carbons (Fsp3) is 0.389. The van der Waals surface area contributed by atoms with Crippen LogP contribution in [0.1, 0.15) is 29.0 Å². The lowest BCUT2D eigenvalue weighted by molar-refractivity contribution is -0.184. The smallest absolute Gasteiger partial charge is 0.393 e. The Morgan fingerprint density at radius 2 is 1.89 bits per heavy atom. The summed E-state index contributed by atoms with van der Waals surface area (Å²) in [6, 6.07) is 9.09. The van der Waals surface area contributed by atoms with E-state index in [1.807, 2.05) is 0 Å². The number of likely N-dealkylation sites (tertiary alicyclic amines) is 1. The van der Waals surface area contributed by atoms with Crippen LogP contribution in [-0.2, 0) is 15.6 Å². The second kappa shape index (κ2) is 7.38. The van der Waals surface area contributed by atoms with Gasteiger partial charge >= 0.3 is 6.18 Å². The van der Waals surface area contributed by atoms with Crippen LogP contribution in [0.25, 0.3) is 0 Å². The van der Waals surface area contributed by atoms with E-state index in [4.69, 9.17) is 4.42 Å². The van der Waals surface area contributed by atoms with Gasteiger partial charge in [-0.15, -0.1) is 0 Å². The number of hydrogen-bond donors (Lipinski definition) is 0. The van der Waals surface area contributed by atoms with Gasteiger partial charge in [0.05, 0.1) is 22.8 Å². The van der Waals surface area contributed by atoms with Crippen molar-refractivity contribution in [3.8, 4) is 0 Å². The number of carbonyl (C=O) groups is 1. The van der Waals surface area contributed by atoms with Gasteiger partial charge in [0.1, 0.15) is 0 Å². The van der Waals surface area contributed by atoms with Gasteiger partial charge in [0, 0.05) is 18.7 Å². The summed E-state index contributed by atoms with van der Waals surface area (Å²) in [7, 11) is -3.71. The first-order valence-electron chi connectivity index (χ1n) is 8.38. The van der Waals surface area contributed by atoms with Crippen molar-refractivity contribution in [1.29, 1.82) is 0 Å². The minimum absolute atomic E-state index is 0.0271. The molecule has 5 nitrogen and oxygen atoms in total. The van der Waals surface area contributed by atoms with Gasteiger partial charge < -0.3 is 9.32 Å². The van der Waals surface area contributed by atoms with Crippen molar-refractivity contribution in [3.63, 3.8) is 0 Å². The van der Waals surface area contributed by atoms with Crippen LogP contribution in [0.5, 0.6) is 0 Å². The summed E-state index contributed by atoms with van der Waals surface area (Å²) in [6.07, 6.45) is -3.00. The maximum absolute atomic E-state index is 13.0. The van der Waals surface area contributed by atoms with Crippen LogP contribution < -0.4 is 0 Å². The van der Waals surface area contributed by atoms with Crippen molar-refractivity contribution in [2.45, 2.75) is 29.7 Å². The molecule has 0 spiro atoms. The fourth-order valence-corrected chi connectivity index (χ4v) is 4.50. The second-order valence-electron chi connectivity index (χ2n) is 6.48. The van der Waals surface area contributed by atoms with Crippen molar-refractivity contribution < 1.29 is 30.8 Å². The molecule has 1 aromatic heterocycles. The Morgan fingerprint density at radius 3 is 2.56 bits per heavy atom. The highest BCUT2D eigenvalue weighted by atomic mass is 32.2. The summed E-state index contributed by atoms with van der Waals surface area (Å²) in [5.41, 5.74) is 0.137. The molecule has 1 saturated heterocycles. The lowest BCUT2D eigenvalue weighted by Gasteiger charge is -2.33. The van der Waals surface area contributed by atoms with Crippen molar-refractivity contribution in [3.05, 3.63) is 54.0 Å². The highest BCUT2D eigenvalue weighted by Gasteiger charge is 2.43. The number of halogens is 3. The van der Waals surface area contributed by atoms with E-state index in [2.05, 4.69) is 0 Å². The summed E-state index contributed by atoms with van der Waals surface area (Å²) in [6.45, 7) is -0.273. The average molecular weight is 401 g/mol. The average Bonchev–Trinajstić information content (AvgIpc) is 3.08. The number of hydrogen-bond acceptors (Lipinski definition) is 4. The quantitative estimate of drug-likeness (QED) is 0.784. The number of furan rings is 1. The van der Waals surface area contributed by atoms with E-state index in [1.54, 1.807) is 18.2 Å². The van der Waals surface area contributed by atoms with Gasteiger partial charge in [-0.2, -0.15) is 13.2 Å². The lowest BCUT2D eigenvalue weighted by Crippen LogP contribution is -2.44. The topological polar surface area (TPSA) is 67.6 Å². The van der Waals surface area contributed by atoms with E-state index in [0.29, 0.717) is 0 Å². The molecule has 1 aliphatic rings. The third-order valence-electron chi connectivity index (χ3n) is 4.56. The summed E-state index contributed by atoms with van der Waals surface area (Å²) in [5, 5.41) is 0. The largest absolute Gasteiger partial charge is 0.459 e. The van der Waals surface area contributed by atoms with Gasteiger partial charge in [-0.3, -0.25) is 4.79 Å². The van der Waals surface area contributed by atoms with Gasteiger partial charge in [0.25, 0.3) is 5.91 Å². The molecule has 1 amide bonds. The Morgan fingerprint density at radius 1 is 1.19 bits per heavy atom. The van der Waals surface area contributed by atoms with Crippen molar-refractivity contribution in [1.82, 2.24) is 4.90 Å². The van der Waals surface area contributed by atoms with Gasteiger partial charge in [0.2, 0.25) is 0 Å². The van der Waals surface area contributed by atoms with Crippen molar-refractivity contribution in [2.75, 3.05) is 13.1 Å². The molecular formula is C18H18F3NO4S. The van der Waals surface area contributed by atoms with E-state index in [9.17, 15) is 26.4 Å². The Balaban J connectivity index is 1.80. The third kappa shape index (κ3) is 4.35. The highest BCUT2D eigenvalue weighted by Crippen LogP contribution is 2.34. The molecule has 2 heterocycles. The Hall–Kier alpha value is -2.29. The van der Waals surface area contributed by atoms with Crippen LogP contribution in [0.15, 0.2) is 52.0 Å². The monoisotopic (exact) mass is 401 g/mol. The zero-order chi connectivity index (χ0) is 19.7. The maximum atomic E-state index is 13.0. The van der Waals surface area contributed by atoms with E-state index in [-0.39, 0.29) is 35.6 Å². The molecule has 0 bridgehead atoms. The first kappa shape index (κ1) is 19.5. The molecular weight excluding hydrogens is 383 g/mol. The molecule has 1 aliphatic heterocycles. The second-order valence-corrected chi connectivity index (χ2v) is 8.47. The number of rotatable bonds is 4. The van der Waals surface area contributed by atoms with E-state index in [1.165, 1.54) is 24.5 Å². The number of sulfone groups is 1. The maximum Gasteiger partial charge on any atom is 0.393 e. The first-order chi connectivity index (χ1) is 12.7. The summed E-state index contributed by atoms with van der Waals surface area (Å²) >= 11 is 0. The van der Waals surface area contributed by atoms with Crippen LogP contribution in [-0.4, -0.2) is 38.5 Å². The molecule has 0 aliphatic carbocycles. The zero-order valence-corrected chi connectivity index (χ0v) is 15.1. The standard InChI is InChI=1S/C18H18F3NO4S/c19-18(20,21)14-5-4-9-22(11-14)17(23)16-13(8-10-26-16)12-27(24,25)15-6-2-1-3-7-15/h1-3,6-8,10,14H,4-5,9,11-12H2. The third-order valence-corrected chi connectivity index (χ3v) is 6.24. The molecule has 3 rings (SSSR count). The Kier molecular flexibility index (Phi) is 5.32. The minimum atomic E-state index is -4.37. The van der Waals surface area contributed by atoms with Crippen molar-refractivity contribution in [2.24, 2.45) is 5.92 Å². The highest BCUT2D eigenvalue weighted by molar-refractivity contribution is 7.90. The van der Waals surface area contributed by atoms with Gasteiger partial charge in [-0.25, -0.2) is 8.42 Å². The molecule has 1 fully saturated rings. The number of benzene rings is 1. The van der Waals surface area contributed by atoms with Crippen molar-refractivity contribution >= 4 is 15.7 Å². The van der Waals surface area contributed by atoms with Crippen LogP contribution in [0.2, 0.25) is 0 Å². The number of carbonyl (C=O) groups excluding carboxylic acids is 1. The fourth-order valence-electron chi connectivity index (χ4n) is 3.13. The molecule has 146 valence electrons. The van der Waals surface area contributed by atoms with Crippen LogP contribution >= 0.6 is 0 Å². The summed E-state index contributed by atoms with van der Waals surface area (Å²) in [5.74, 6) is -2.99. The molecule has 1 aromatic carbocycles. The summed E-state index contributed by atoms with van der Waals surface area (Å²) in [4.78, 5) is 13.8. The normalized spacial score (nSPS) is 18.5. The molecule has 0 saturated carbocycles. The Bertz CT molecular complexity index is 906. The van der Waals surface area contributed by atoms with E-state index < -0.39 is 40.1 Å². The van der Waals surface area contributed by atoms with Gasteiger partial charge in [0.15, 0.2) is 15.6 Å². The Labute approximate surface area is 154 Å². The first-order valence-corrected chi connectivity index (χ1v) is 10.0. The van der Waals surface area contributed by atoms with Crippen LogP contribution in [0, 0.1) is 5.92 Å². The number of piperidine rings is 1. The van der Waals surface area contributed by atoms with Gasteiger partial charge in [-0.1, -0.05) is 18.2 Å². The number of nitrogens with zero attached hydrogens (tertiary/aromatic N) is 1.